The minimum Gasteiger partial charge on any atom is -0.478 e. The van der Waals surface area contributed by atoms with E-state index in [1.165, 1.54) is 26.4 Å². The van der Waals surface area contributed by atoms with Crippen molar-refractivity contribution in [2.24, 2.45) is 0 Å². The normalized spacial score (nSPS) is 14.7. The van der Waals surface area contributed by atoms with E-state index in [1.807, 2.05) is 0 Å². The number of methoxy groups -OCH3 is 2. The fraction of sp³-hybridized carbons (Fsp3) is 0.278. The predicted molar refractivity (Wildman–Crippen MR) is 107 cm³/mol. The molecule has 0 aliphatic carbocycles. The van der Waals surface area contributed by atoms with Crippen molar-refractivity contribution in [2.45, 2.75) is 19.0 Å². The number of fused-ring (bicyclic) bond motifs is 1. The number of carbonyl (C=O) groups is 2. The molecule has 0 radical (unpaired) electrons. The lowest BCUT2D eigenvalue weighted by atomic mass is 10.0. The number of benzene rings is 1. The van der Waals surface area contributed by atoms with E-state index in [1.54, 1.807) is 0 Å². The van der Waals surface area contributed by atoms with Gasteiger partial charge in [0.15, 0.2) is 5.11 Å². The molecule has 0 saturated carbocycles. The van der Waals surface area contributed by atoms with E-state index in [0.717, 1.165) is 23.5 Å². The highest BCUT2D eigenvalue weighted by atomic mass is 32.1. The number of hydrogen-bond donors (Lipinski definition) is 3. The molecule has 1 amide bonds. The van der Waals surface area contributed by atoms with Crippen molar-refractivity contribution in [3.63, 3.8) is 0 Å². The SMILES string of the molecule is COC1(OC)Cc2c(sc(NC(=S)NC(=O)c3ccc(F)cc3)c2C(=O)O)CO1. The number of hydrogen-bond acceptors (Lipinski definition) is 7. The number of amides is 1. The molecule has 1 aliphatic rings. The number of thiophene rings is 1. The number of carbonyl (C=O) groups excluding carboxylic acids is 1. The van der Waals surface area contributed by atoms with Gasteiger partial charge in [-0.25, -0.2) is 9.18 Å². The average molecular weight is 440 g/mol. The molecular weight excluding hydrogens is 423 g/mol. The Kier molecular flexibility index (Phi) is 6.24. The zero-order valence-electron chi connectivity index (χ0n) is 15.4. The van der Waals surface area contributed by atoms with Crippen molar-refractivity contribution >= 4 is 45.5 Å². The molecule has 0 spiro atoms. The maximum Gasteiger partial charge on any atom is 0.339 e. The summed E-state index contributed by atoms with van der Waals surface area (Å²) in [4.78, 5) is 24.8. The van der Waals surface area contributed by atoms with Crippen LogP contribution < -0.4 is 10.6 Å². The topological polar surface area (TPSA) is 106 Å². The minimum absolute atomic E-state index is 0.00477. The Morgan fingerprint density at radius 2 is 1.93 bits per heavy atom. The first-order chi connectivity index (χ1) is 13.8. The number of halogens is 1. The van der Waals surface area contributed by atoms with Gasteiger partial charge in [0.05, 0.1) is 18.6 Å². The summed E-state index contributed by atoms with van der Waals surface area (Å²) in [6.07, 6.45) is 0.0733. The van der Waals surface area contributed by atoms with E-state index in [4.69, 9.17) is 26.4 Å². The van der Waals surface area contributed by atoms with Crippen molar-refractivity contribution < 1.29 is 33.3 Å². The van der Waals surface area contributed by atoms with E-state index in [0.29, 0.717) is 10.4 Å². The maximum atomic E-state index is 13.0. The highest BCUT2D eigenvalue weighted by Crippen LogP contribution is 2.41. The minimum atomic E-state index is -1.37. The average Bonchev–Trinajstić information content (AvgIpc) is 3.04. The van der Waals surface area contributed by atoms with Crippen molar-refractivity contribution in [2.75, 3.05) is 19.5 Å². The lowest BCUT2D eigenvalue weighted by Crippen LogP contribution is -2.42. The summed E-state index contributed by atoms with van der Waals surface area (Å²) in [6.45, 7) is 0.0956. The Hall–Kier alpha value is -2.44. The number of carboxylic acid groups (broad SMARTS) is 1. The predicted octanol–water partition coefficient (Wildman–Crippen LogP) is 2.73. The summed E-state index contributed by atoms with van der Waals surface area (Å²) in [5, 5.41) is 15.1. The van der Waals surface area contributed by atoms with Crippen LogP contribution in [-0.4, -0.2) is 42.3 Å². The molecule has 0 atom stereocenters. The molecule has 0 bridgehead atoms. The van der Waals surface area contributed by atoms with Gasteiger partial charge in [0.2, 0.25) is 0 Å². The third-order valence-electron chi connectivity index (χ3n) is 4.30. The largest absolute Gasteiger partial charge is 0.478 e. The third kappa shape index (κ3) is 4.43. The number of nitrogens with one attached hydrogen (secondary N) is 2. The van der Waals surface area contributed by atoms with Crippen LogP contribution in [0.3, 0.4) is 0 Å². The van der Waals surface area contributed by atoms with E-state index in [-0.39, 0.29) is 34.3 Å². The van der Waals surface area contributed by atoms with E-state index < -0.39 is 23.7 Å². The quantitative estimate of drug-likeness (QED) is 0.481. The maximum absolute atomic E-state index is 13.0. The zero-order chi connectivity index (χ0) is 21.2. The Morgan fingerprint density at radius 3 is 2.52 bits per heavy atom. The van der Waals surface area contributed by atoms with Gasteiger partial charge in [0.1, 0.15) is 10.8 Å². The standard InChI is InChI=1S/C18H17FN2O6S2/c1-25-18(26-2)7-11-12(8-27-18)29-15(13(11)16(23)24)21-17(28)20-14(22)9-3-5-10(19)6-4-9/h3-6H,7-8H2,1-2H3,(H,23,24)(H2,20,21,22,28). The molecular formula is C18H17FN2O6S2. The molecule has 0 fully saturated rings. The van der Waals surface area contributed by atoms with Crippen molar-refractivity contribution in [3.8, 4) is 0 Å². The fourth-order valence-corrected chi connectivity index (χ4v) is 4.22. The van der Waals surface area contributed by atoms with Crippen LogP contribution in [0, 0.1) is 5.82 Å². The zero-order valence-corrected chi connectivity index (χ0v) is 17.0. The molecule has 1 aliphatic heterocycles. The summed E-state index contributed by atoms with van der Waals surface area (Å²) < 4.78 is 29.1. The van der Waals surface area contributed by atoms with Gasteiger partial charge in [-0.2, -0.15) is 0 Å². The first kappa shape index (κ1) is 21.3. The highest BCUT2D eigenvalue weighted by Gasteiger charge is 2.40. The first-order valence-electron chi connectivity index (χ1n) is 8.28. The molecule has 11 heteroatoms. The van der Waals surface area contributed by atoms with Crippen LogP contribution in [0.5, 0.6) is 0 Å². The number of anilines is 1. The second kappa shape index (κ2) is 8.51. The van der Waals surface area contributed by atoms with Gasteiger partial charge in [-0.05, 0) is 42.0 Å². The monoisotopic (exact) mass is 440 g/mol. The Balaban J connectivity index is 1.80. The number of rotatable bonds is 5. The third-order valence-corrected chi connectivity index (χ3v) is 5.63. The van der Waals surface area contributed by atoms with Gasteiger partial charge >= 0.3 is 5.97 Å². The van der Waals surface area contributed by atoms with E-state index in [2.05, 4.69) is 10.6 Å². The molecule has 0 unspecified atom stereocenters. The molecule has 2 aromatic rings. The van der Waals surface area contributed by atoms with E-state index >= 15 is 0 Å². The van der Waals surface area contributed by atoms with Gasteiger partial charge < -0.3 is 24.6 Å². The van der Waals surface area contributed by atoms with Gasteiger partial charge in [0.25, 0.3) is 11.9 Å². The van der Waals surface area contributed by atoms with E-state index in [9.17, 15) is 19.1 Å². The molecule has 0 saturated heterocycles. The molecule has 3 N–H and O–H groups in total. The molecule has 8 nitrogen and oxygen atoms in total. The van der Waals surface area contributed by atoms with Crippen LogP contribution in [-0.2, 0) is 27.2 Å². The molecule has 29 heavy (non-hydrogen) atoms. The molecule has 1 aromatic heterocycles. The molecule has 154 valence electrons. The Labute approximate surface area is 174 Å². The summed E-state index contributed by atoms with van der Waals surface area (Å²) >= 11 is 6.28. The molecule has 3 rings (SSSR count). The van der Waals surface area contributed by atoms with Crippen LogP contribution in [0.1, 0.15) is 31.2 Å². The first-order valence-corrected chi connectivity index (χ1v) is 9.51. The Bertz CT molecular complexity index is 956. The summed E-state index contributed by atoms with van der Waals surface area (Å²) in [5.74, 6) is -3.56. The smallest absolute Gasteiger partial charge is 0.339 e. The van der Waals surface area contributed by atoms with Crippen LogP contribution in [0.4, 0.5) is 9.39 Å². The van der Waals surface area contributed by atoms with Crippen molar-refractivity contribution in [1.82, 2.24) is 5.32 Å². The number of ether oxygens (including phenoxy) is 3. The number of carboxylic acids is 1. The lowest BCUT2D eigenvalue weighted by molar-refractivity contribution is -0.370. The van der Waals surface area contributed by atoms with Crippen LogP contribution in [0.25, 0.3) is 0 Å². The number of thiocarbonyl (C=S) groups is 1. The van der Waals surface area contributed by atoms with Gasteiger partial charge in [0, 0.05) is 24.7 Å². The molecule has 2 heterocycles. The van der Waals surface area contributed by atoms with Crippen LogP contribution >= 0.6 is 23.6 Å². The second-order valence-corrected chi connectivity index (χ2v) is 7.50. The highest BCUT2D eigenvalue weighted by molar-refractivity contribution is 7.80. The van der Waals surface area contributed by atoms with Crippen molar-refractivity contribution in [3.05, 3.63) is 51.7 Å². The van der Waals surface area contributed by atoms with Gasteiger partial charge in [-0.3, -0.25) is 10.1 Å². The second-order valence-electron chi connectivity index (χ2n) is 5.98. The number of aromatic carboxylic acids is 1. The molecule has 1 aromatic carbocycles. The van der Waals surface area contributed by atoms with Gasteiger partial charge in [-0.1, -0.05) is 0 Å². The summed E-state index contributed by atoms with van der Waals surface area (Å²) in [6, 6.07) is 4.93. The fourth-order valence-electron chi connectivity index (χ4n) is 2.83. The Morgan fingerprint density at radius 1 is 1.28 bits per heavy atom. The van der Waals surface area contributed by atoms with Crippen molar-refractivity contribution in [1.29, 1.82) is 0 Å². The lowest BCUT2D eigenvalue weighted by Gasteiger charge is -2.33. The van der Waals surface area contributed by atoms with Gasteiger partial charge in [-0.15, -0.1) is 11.3 Å². The van der Waals surface area contributed by atoms with Crippen LogP contribution in [0.15, 0.2) is 24.3 Å². The summed E-state index contributed by atoms with van der Waals surface area (Å²) in [7, 11) is 2.81. The van der Waals surface area contributed by atoms with Crippen LogP contribution in [0.2, 0.25) is 0 Å². The summed E-state index contributed by atoms with van der Waals surface area (Å²) in [5.41, 5.74) is 0.718.